The van der Waals surface area contributed by atoms with Crippen LogP contribution in [0.25, 0.3) is 5.52 Å². The standard InChI is InChI=1S/C14H19N3/c1-14(2,3)13-15-9-12-8-11(6-7-17(12)13)16-10-4-5-10/h6-10,16H,4-5H2,1-3H3. The zero-order valence-electron chi connectivity index (χ0n) is 10.7. The topological polar surface area (TPSA) is 29.3 Å². The molecule has 17 heavy (non-hydrogen) atoms. The summed E-state index contributed by atoms with van der Waals surface area (Å²) in [4.78, 5) is 4.54. The summed E-state index contributed by atoms with van der Waals surface area (Å²) in [5.41, 5.74) is 2.46. The Kier molecular flexibility index (Phi) is 2.18. The van der Waals surface area contributed by atoms with Crippen molar-refractivity contribution in [1.29, 1.82) is 0 Å². The molecule has 1 fully saturated rings. The maximum Gasteiger partial charge on any atom is 0.118 e. The zero-order valence-corrected chi connectivity index (χ0v) is 10.7. The molecule has 2 heterocycles. The highest BCUT2D eigenvalue weighted by Gasteiger charge is 2.22. The molecule has 3 heteroatoms. The highest BCUT2D eigenvalue weighted by molar-refractivity contribution is 5.59. The number of pyridine rings is 1. The van der Waals surface area contributed by atoms with E-state index in [4.69, 9.17) is 0 Å². The summed E-state index contributed by atoms with van der Waals surface area (Å²) in [6, 6.07) is 5.02. The molecule has 2 aromatic heterocycles. The predicted octanol–water partition coefficient (Wildman–Crippen LogP) is 3.21. The number of hydrogen-bond acceptors (Lipinski definition) is 2. The first kappa shape index (κ1) is 10.6. The molecule has 0 aliphatic heterocycles. The van der Waals surface area contributed by atoms with Gasteiger partial charge in [-0.05, 0) is 25.0 Å². The van der Waals surface area contributed by atoms with Crippen LogP contribution in [0.4, 0.5) is 5.69 Å². The van der Waals surface area contributed by atoms with E-state index in [1.165, 1.54) is 24.0 Å². The van der Waals surface area contributed by atoms with Crippen molar-refractivity contribution in [1.82, 2.24) is 9.38 Å². The van der Waals surface area contributed by atoms with Gasteiger partial charge in [-0.2, -0.15) is 0 Å². The monoisotopic (exact) mass is 229 g/mol. The van der Waals surface area contributed by atoms with Crippen LogP contribution in [0.3, 0.4) is 0 Å². The lowest BCUT2D eigenvalue weighted by Gasteiger charge is -2.17. The molecule has 0 atom stereocenters. The Balaban J connectivity index is 2.00. The molecule has 1 N–H and O–H groups in total. The quantitative estimate of drug-likeness (QED) is 0.856. The number of aromatic nitrogens is 2. The van der Waals surface area contributed by atoms with Crippen LogP contribution >= 0.6 is 0 Å². The van der Waals surface area contributed by atoms with E-state index in [-0.39, 0.29) is 5.41 Å². The lowest BCUT2D eigenvalue weighted by Crippen LogP contribution is -2.15. The third-order valence-electron chi connectivity index (χ3n) is 3.15. The van der Waals surface area contributed by atoms with Gasteiger partial charge in [-0.3, -0.25) is 0 Å². The second kappa shape index (κ2) is 3.49. The lowest BCUT2D eigenvalue weighted by molar-refractivity contribution is 0.543. The Hall–Kier alpha value is -1.51. The molecule has 3 nitrogen and oxygen atoms in total. The Bertz CT molecular complexity index is 544. The van der Waals surface area contributed by atoms with Crippen molar-refractivity contribution in [2.75, 3.05) is 5.32 Å². The second-order valence-corrected chi connectivity index (χ2v) is 5.96. The Morgan fingerprint density at radius 2 is 2.12 bits per heavy atom. The highest BCUT2D eigenvalue weighted by Crippen LogP contribution is 2.27. The maximum atomic E-state index is 4.54. The summed E-state index contributed by atoms with van der Waals surface area (Å²) < 4.78 is 2.18. The molecular formula is C14H19N3. The summed E-state index contributed by atoms with van der Waals surface area (Å²) in [5, 5.41) is 3.51. The maximum absolute atomic E-state index is 4.54. The summed E-state index contributed by atoms with van der Waals surface area (Å²) in [5.74, 6) is 1.12. The van der Waals surface area contributed by atoms with Crippen LogP contribution in [0.5, 0.6) is 0 Å². The molecule has 0 spiro atoms. The zero-order chi connectivity index (χ0) is 12.0. The van der Waals surface area contributed by atoms with Gasteiger partial charge in [-0.15, -0.1) is 0 Å². The SMILES string of the molecule is CC(C)(C)c1ncc2cc(NC3CC3)ccn12. The minimum Gasteiger partial charge on any atom is -0.382 e. The molecule has 0 bridgehead atoms. The van der Waals surface area contributed by atoms with Crippen LogP contribution in [0.2, 0.25) is 0 Å². The lowest BCUT2D eigenvalue weighted by atomic mass is 9.96. The Labute approximate surface area is 102 Å². The third-order valence-corrected chi connectivity index (χ3v) is 3.15. The van der Waals surface area contributed by atoms with Crippen LogP contribution < -0.4 is 5.32 Å². The molecule has 1 aliphatic carbocycles. The molecule has 2 aromatic rings. The fourth-order valence-corrected chi connectivity index (χ4v) is 2.11. The molecule has 0 aromatic carbocycles. The van der Waals surface area contributed by atoms with Gasteiger partial charge in [0.15, 0.2) is 0 Å². The van der Waals surface area contributed by atoms with Gasteiger partial charge in [0.25, 0.3) is 0 Å². The molecule has 0 radical (unpaired) electrons. The number of imidazole rings is 1. The fraction of sp³-hybridized carbons (Fsp3) is 0.500. The van der Waals surface area contributed by atoms with Crippen LogP contribution in [-0.2, 0) is 5.41 Å². The van der Waals surface area contributed by atoms with E-state index < -0.39 is 0 Å². The summed E-state index contributed by atoms with van der Waals surface area (Å²) in [7, 11) is 0. The Morgan fingerprint density at radius 1 is 1.35 bits per heavy atom. The number of hydrogen-bond donors (Lipinski definition) is 1. The summed E-state index contributed by atoms with van der Waals surface area (Å²) >= 11 is 0. The van der Waals surface area contributed by atoms with Gasteiger partial charge in [0.1, 0.15) is 5.82 Å². The molecular weight excluding hydrogens is 210 g/mol. The smallest absolute Gasteiger partial charge is 0.118 e. The molecule has 90 valence electrons. The van der Waals surface area contributed by atoms with Crippen LogP contribution in [0.1, 0.15) is 39.4 Å². The van der Waals surface area contributed by atoms with Gasteiger partial charge in [-0.1, -0.05) is 20.8 Å². The average Bonchev–Trinajstić information content (AvgIpc) is 2.94. The van der Waals surface area contributed by atoms with Crippen molar-refractivity contribution in [3.63, 3.8) is 0 Å². The second-order valence-electron chi connectivity index (χ2n) is 5.96. The molecule has 1 aliphatic rings. The number of nitrogens with zero attached hydrogens (tertiary/aromatic N) is 2. The number of fused-ring (bicyclic) bond motifs is 1. The largest absolute Gasteiger partial charge is 0.382 e. The van der Waals surface area contributed by atoms with Gasteiger partial charge < -0.3 is 9.72 Å². The first-order valence-electron chi connectivity index (χ1n) is 6.28. The van der Waals surface area contributed by atoms with E-state index in [2.05, 4.69) is 53.8 Å². The average molecular weight is 229 g/mol. The van der Waals surface area contributed by atoms with Gasteiger partial charge in [0, 0.05) is 23.3 Å². The number of rotatable bonds is 2. The molecule has 0 amide bonds. The third kappa shape index (κ3) is 2.02. The van der Waals surface area contributed by atoms with Crippen molar-refractivity contribution in [3.8, 4) is 0 Å². The molecule has 1 saturated carbocycles. The van der Waals surface area contributed by atoms with Gasteiger partial charge in [-0.25, -0.2) is 4.98 Å². The van der Waals surface area contributed by atoms with Crippen molar-refractivity contribution >= 4 is 11.2 Å². The van der Waals surface area contributed by atoms with E-state index in [1.807, 2.05) is 6.20 Å². The van der Waals surface area contributed by atoms with E-state index in [1.54, 1.807) is 0 Å². The van der Waals surface area contributed by atoms with Crippen LogP contribution in [-0.4, -0.2) is 15.4 Å². The first-order valence-corrected chi connectivity index (χ1v) is 6.28. The van der Waals surface area contributed by atoms with Crippen molar-refractivity contribution in [2.24, 2.45) is 0 Å². The summed E-state index contributed by atoms with van der Waals surface area (Å²) in [6.45, 7) is 6.58. The molecule has 0 saturated heterocycles. The predicted molar refractivity (Wildman–Crippen MR) is 70.5 cm³/mol. The minimum atomic E-state index is 0.0812. The van der Waals surface area contributed by atoms with Gasteiger partial charge in [0.2, 0.25) is 0 Å². The van der Waals surface area contributed by atoms with E-state index in [0.717, 1.165) is 5.82 Å². The minimum absolute atomic E-state index is 0.0812. The van der Waals surface area contributed by atoms with Crippen LogP contribution in [0.15, 0.2) is 24.5 Å². The van der Waals surface area contributed by atoms with Gasteiger partial charge in [0.05, 0.1) is 11.7 Å². The normalized spacial score (nSPS) is 16.4. The molecule has 3 rings (SSSR count). The molecule has 0 unspecified atom stereocenters. The van der Waals surface area contributed by atoms with E-state index in [9.17, 15) is 0 Å². The van der Waals surface area contributed by atoms with Crippen LogP contribution in [0, 0.1) is 0 Å². The van der Waals surface area contributed by atoms with E-state index >= 15 is 0 Å². The Morgan fingerprint density at radius 3 is 2.76 bits per heavy atom. The van der Waals surface area contributed by atoms with Crippen molar-refractivity contribution < 1.29 is 0 Å². The van der Waals surface area contributed by atoms with Crippen molar-refractivity contribution in [2.45, 2.75) is 45.1 Å². The highest BCUT2D eigenvalue weighted by atomic mass is 15.0. The fourth-order valence-electron chi connectivity index (χ4n) is 2.11. The number of anilines is 1. The summed E-state index contributed by atoms with van der Waals surface area (Å²) in [6.07, 6.45) is 6.68. The first-order chi connectivity index (χ1) is 8.04. The van der Waals surface area contributed by atoms with E-state index in [0.29, 0.717) is 6.04 Å². The number of nitrogens with one attached hydrogen (secondary N) is 1. The van der Waals surface area contributed by atoms with Gasteiger partial charge >= 0.3 is 0 Å². The van der Waals surface area contributed by atoms with Crippen molar-refractivity contribution in [3.05, 3.63) is 30.4 Å².